The number of hydrogen-bond donors (Lipinski definition) is 0. The van der Waals surface area contributed by atoms with Crippen LogP contribution in [0.1, 0.15) is 116 Å². The first-order valence-electron chi connectivity index (χ1n) is 13.7. The van der Waals surface area contributed by atoms with E-state index in [1.165, 1.54) is 102 Å². The summed E-state index contributed by atoms with van der Waals surface area (Å²) in [5.41, 5.74) is 3.16. The van der Waals surface area contributed by atoms with Crippen LogP contribution in [0, 0.1) is 17.8 Å². The summed E-state index contributed by atoms with van der Waals surface area (Å²) in [5.74, 6) is 4.07. The first-order chi connectivity index (χ1) is 15.3. The highest BCUT2D eigenvalue weighted by Gasteiger charge is 2.28. The highest BCUT2D eigenvalue weighted by Crippen LogP contribution is 2.41. The lowest BCUT2D eigenvalue weighted by Gasteiger charge is -2.35. The molecule has 1 aromatic rings. The molecule has 1 nitrogen and oxygen atoms in total. The van der Waals surface area contributed by atoms with Gasteiger partial charge in [0.05, 0.1) is 6.61 Å². The van der Waals surface area contributed by atoms with Gasteiger partial charge >= 0.3 is 0 Å². The average Bonchev–Trinajstić information content (AvgIpc) is 2.82. The van der Waals surface area contributed by atoms with Crippen molar-refractivity contribution in [3.8, 4) is 5.75 Å². The van der Waals surface area contributed by atoms with Crippen LogP contribution in [0.5, 0.6) is 5.75 Å². The highest BCUT2D eigenvalue weighted by atomic mass is 16.5. The van der Waals surface area contributed by atoms with Crippen LogP contribution in [0.3, 0.4) is 0 Å². The fourth-order valence-electron chi connectivity index (χ4n) is 5.79. The number of aryl methyl sites for hydroxylation is 1. The Kier molecular flexibility index (Phi) is 11.0. The van der Waals surface area contributed by atoms with Crippen molar-refractivity contribution >= 4 is 0 Å². The topological polar surface area (TPSA) is 9.23 Å². The third kappa shape index (κ3) is 8.66. The third-order valence-corrected chi connectivity index (χ3v) is 7.99. The molecule has 1 heteroatoms. The normalized spacial score (nSPS) is 24.1. The summed E-state index contributed by atoms with van der Waals surface area (Å²) in [6.45, 7) is 5.40. The Morgan fingerprint density at radius 3 is 2.19 bits per heavy atom. The van der Waals surface area contributed by atoms with Crippen molar-refractivity contribution in [3.05, 3.63) is 41.5 Å². The zero-order valence-corrected chi connectivity index (χ0v) is 20.5. The second-order valence-electron chi connectivity index (χ2n) is 10.4. The monoisotopic (exact) mass is 424 g/mol. The number of rotatable bonds is 13. The molecule has 2 aliphatic carbocycles. The Morgan fingerprint density at radius 2 is 1.52 bits per heavy atom. The maximum atomic E-state index is 5.85. The molecule has 0 heterocycles. The van der Waals surface area contributed by atoms with Crippen molar-refractivity contribution < 1.29 is 4.74 Å². The Labute approximate surface area is 193 Å². The van der Waals surface area contributed by atoms with Gasteiger partial charge in [-0.15, -0.1) is 0 Å². The number of allylic oxidation sites excluding steroid dienone is 2. The predicted octanol–water partition coefficient (Wildman–Crippen LogP) is 9.30. The van der Waals surface area contributed by atoms with Crippen LogP contribution in [0.25, 0.3) is 0 Å². The van der Waals surface area contributed by atoms with Gasteiger partial charge in [0.2, 0.25) is 0 Å². The van der Waals surface area contributed by atoms with E-state index in [4.69, 9.17) is 4.74 Å². The Hall–Kier alpha value is -1.24. The Bertz CT molecular complexity index is 620. The SMILES string of the molecule is CCCCCOc1ccc(CCC2=CCC(C3CCC(CCCCC)CC3)CC2)cc1. The van der Waals surface area contributed by atoms with Gasteiger partial charge in [0.1, 0.15) is 5.75 Å². The van der Waals surface area contributed by atoms with Crippen molar-refractivity contribution in [2.24, 2.45) is 17.8 Å². The van der Waals surface area contributed by atoms with Gasteiger partial charge in [-0.3, -0.25) is 0 Å². The van der Waals surface area contributed by atoms with E-state index >= 15 is 0 Å². The van der Waals surface area contributed by atoms with Crippen LogP contribution < -0.4 is 4.74 Å². The van der Waals surface area contributed by atoms with Gasteiger partial charge < -0.3 is 4.74 Å². The molecular weight excluding hydrogens is 376 g/mol. The molecule has 3 rings (SSSR count). The van der Waals surface area contributed by atoms with Crippen LogP contribution in [0.2, 0.25) is 0 Å². The molecule has 1 saturated carbocycles. The molecule has 0 aromatic heterocycles. The minimum absolute atomic E-state index is 0.849. The quantitative estimate of drug-likeness (QED) is 0.226. The van der Waals surface area contributed by atoms with E-state index < -0.39 is 0 Å². The minimum Gasteiger partial charge on any atom is -0.494 e. The Morgan fingerprint density at radius 1 is 0.774 bits per heavy atom. The van der Waals surface area contributed by atoms with E-state index in [-0.39, 0.29) is 0 Å². The van der Waals surface area contributed by atoms with Crippen molar-refractivity contribution in [2.45, 2.75) is 117 Å². The average molecular weight is 425 g/mol. The molecule has 1 aromatic carbocycles. The maximum Gasteiger partial charge on any atom is 0.119 e. The molecule has 0 spiro atoms. The Balaban J connectivity index is 1.33. The lowest BCUT2D eigenvalue weighted by Crippen LogP contribution is -2.23. The molecule has 1 fully saturated rings. The second kappa shape index (κ2) is 14.0. The van der Waals surface area contributed by atoms with Crippen molar-refractivity contribution in [1.82, 2.24) is 0 Å². The molecule has 1 atom stereocenters. The molecule has 31 heavy (non-hydrogen) atoms. The zero-order chi connectivity index (χ0) is 21.7. The molecule has 0 bridgehead atoms. The van der Waals surface area contributed by atoms with Crippen LogP contribution in [0.4, 0.5) is 0 Å². The summed E-state index contributed by atoms with van der Waals surface area (Å²) < 4.78 is 5.85. The van der Waals surface area contributed by atoms with Crippen molar-refractivity contribution in [3.63, 3.8) is 0 Å². The van der Waals surface area contributed by atoms with Crippen LogP contribution in [-0.4, -0.2) is 6.61 Å². The number of ether oxygens (including phenoxy) is 1. The van der Waals surface area contributed by atoms with E-state index in [1.807, 2.05) is 0 Å². The summed E-state index contributed by atoms with van der Waals surface area (Å²) >= 11 is 0. The van der Waals surface area contributed by atoms with Crippen LogP contribution >= 0.6 is 0 Å². The number of hydrogen-bond acceptors (Lipinski definition) is 1. The predicted molar refractivity (Wildman–Crippen MR) is 135 cm³/mol. The number of benzene rings is 1. The summed E-state index contributed by atoms with van der Waals surface area (Å²) in [4.78, 5) is 0. The van der Waals surface area contributed by atoms with Gasteiger partial charge in [-0.05, 0) is 86.8 Å². The fraction of sp³-hybridized carbons (Fsp3) is 0.733. The lowest BCUT2D eigenvalue weighted by atomic mass is 9.70. The van der Waals surface area contributed by atoms with Crippen LogP contribution in [0.15, 0.2) is 35.9 Å². The van der Waals surface area contributed by atoms with Gasteiger partial charge in [-0.1, -0.05) is 89.0 Å². The van der Waals surface area contributed by atoms with E-state index in [0.717, 1.165) is 36.5 Å². The van der Waals surface area contributed by atoms with E-state index in [0.29, 0.717) is 0 Å². The fourth-order valence-corrected chi connectivity index (χ4v) is 5.79. The smallest absolute Gasteiger partial charge is 0.119 e. The molecule has 0 radical (unpaired) electrons. The van der Waals surface area contributed by atoms with Gasteiger partial charge in [-0.2, -0.15) is 0 Å². The van der Waals surface area contributed by atoms with E-state index in [1.54, 1.807) is 5.57 Å². The van der Waals surface area contributed by atoms with Gasteiger partial charge in [0, 0.05) is 0 Å². The summed E-state index contributed by atoms with van der Waals surface area (Å²) in [6.07, 6.45) is 24.7. The van der Waals surface area contributed by atoms with Crippen molar-refractivity contribution in [1.29, 1.82) is 0 Å². The lowest BCUT2D eigenvalue weighted by molar-refractivity contribution is 0.185. The first-order valence-corrected chi connectivity index (χ1v) is 13.7. The number of unbranched alkanes of at least 4 members (excludes halogenated alkanes) is 4. The summed E-state index contributed by atoms with van der Waals surface area (Å²) in [7, 11) is 0. The molecule has 0 amide bonds. The third-order valence-electron chi connectivity index (χ3n) is 7.99. The molecule has 174 valence electrons. The maximum absolute atomic E-state index is 5.85. The zero-order valence-electron chi connectivity index (χ0n) is 20.5. The van der Waals surface area contributed by atoms with Crippen LogP contribution in [-0.2, 0) is 6.42 Å². The second-order valence-corrected chi connectivity index (χ2v) is 10.4. The van der Waals surface area contributed by atoms with E-state index in [2.05, 4.69) is 44.2 Å². The summed E-state index contributed by atoms with van der Waals surface area (Å²) in [6, 6.07) is 8.84. The van der Waals surface area contributed by atoms with Gasteiger partial charge in [0.25, 0.3) is 0 Å². The molecule has 0 saturated heterocycles. The molecular formula is C30H48O. The standard InChI is InChI=1S/C30H48O/c1-3-5-7-9-25-12-18-28(19-13-25)29-20-14-26(15-21-29)10-11-27-16-22-30(23-17-27)31-24-8-6-4-2/h14,16-17,22-23,25,28-29H,3-13,15,18-21,24H2,1-2H3. The molecule has 0 N–H and O–H groups in total. The molecule has 2 aliphatic rings. The van der Waals surface area contributed by atoms with Crippen molar-refractivity contribution in [2.75, 3.05) is 6.61 Å². The minimum atomic E-state index is 0.849. The van der Waals surface area contributed by atoms with Gasteiger partial charge in [0.15, 0.2) is 0 Å². The molecule has 1 unspecified atom stereocenters. The van der Waals surface area contributed by atoms with Gasteiger partial charge in [-0.25, -0.2) is 0 Å². The highest BCUT2D eigenvalue weighted by molar-refractivity contribution is 5.28. The largest absolute Gasteiger partial charge is 0.494 e. The van der Waals surface area contributed by atoms with E-state index in [9.17, 15) is 0 Å². The first kappa shape index (κ1) is 24.4. The summed E-state index contributed by atoms with van der Waals surface area (Å²) in [5, 5.41) is 0. The molecule has 0 aliphatic heterocycles.